The number of rotatable bonds is 4. The molecule has 6 nitrogen and oxygen atoms in total. The summed E-state index contributed by atoms with van der Waals surface area (Å²) in [7, 11) is -3.44. The number of ether oxygens (including phenoxy) is 1. The quantitative estimate of drug-likeness (QED) is 0.790. The third-order valence-electron chi connectivity index (χ3n) is 5.51. The molecule has 0 bridgehead atoms. The van der Waals surface area contributed by atoms with E-state index in [0.717, 1.165) is 35.4 Å². The van der Waals surface area contributed by atoms with Crippen molar-refractivity contribution in [3.63, 3.8) is 0 Å². The first-order valence-corrected chi connectivity index (χ1v) is 11.3. The van der Waals surface area contributed by atoms with Crippen molar-refractivity contribution < 1.29 is 13.2 Å². The van der Waals surface area contributed by atoms with Crippen molar-refractivity contribution in [1.82, 2.24) is 13.6 Å². The Morgan fingerprint density at radius 3 is 2.50 bits per heavy atom. The number of hydrogen-bond donors (Lipinski definition) is 0. The van der Waals surface area contributed by atoms with Crippen molar-refractivity contribution in [1.29, 1.82) is 0 Å². The van der Waals surface area contributed by atoms with Gasteiger partial charge in [0.15, 0.2) is 0 Å². The summed E-state index contributed by atoms with van der Waals surface area (Å²) >= 11 is 0. The van der Waals surface area contributed by atoms with Crippen LogP contribution in [0.1, 0.15) is 30.1 Å². The lowest BCUT2D eigenvalue weighted by atomic mass is 9.93. The van der Waals surface area contributed by atoms with E-state index in [-0.39, 0.29) is 5.92 Å². The maximum Gasteiger partial charge on any atom is 0.282 e. The van der Waals surface area contributed by atoms with Gasteiger partial charge in [0, 0.05) is 43.5 Å². The van der Waals surface area contributed by atoms with E-state index in [1.54, 1.807) is 8.61 Å². The lowest BCUT2D eigenvalue weighted by Gasteiger charge is -2.36. The molecule has 1 unspecified atom stereocenters. The number of morpholine rings is 1. The van der Waals surface area contributed by atoms with E-state index in [4.69, 9.17) is 9.72 Å². The van der Waals surface area contributed by atoms with Gasteiger partial charge in [-0.05, 0) is 43.0 Å². The second-order valence-corrected chi connectivity index (χ2v) is 9.43. The summed E-state index contributed by atoms with van der Waals surface area (Å²) in [5.41, 5.74) is 4.24. The largest absolute Gasteiger partial charge is 0.379 e. The third-order valence-corrected chi connectivity index (χ3v) is 7.51. The van der Waals surface area contributed by atoms with Gasteiger partial charge in [0.1, 0.15) is 0 Å². The van der Waals surface area contributed by atoms with Crippen LogP contribution in [-0.4, -0.2) is 61.4 Å². The molecular formula is C21H27N3O3S. The monoisotopic (exact) mass is 401 g/mol. The minimum atomic E-state index is -3.44. The second kappa shape index (κ2) is 8.29. The van der Waals surface area contributed by atoms with Crippen LogP contribution in [0.2, 0.25) is 0 Å². The maximum atomic E-state index is 13.0. The van der Waals surface area contributed by atoms with Crippen LogP contribution in [0.5, 0.6) is 0 Å². The van der Waals surface area contributed by atoms with Crippen LogP contribution in [0, 0.1) is 6.92 Å². The molecule has 2 aliphatic rings. The molecule has 0 aliphatic carbocycles. The van der Waals surface area contributed by atoms with Crippen LogP contribution in [-0.2, 0) is 14.9 Å². The average Bonchev–Trinajstić information content (AvgIpc) is 2.75. The highest BCUT2D eigenvalue weighted by molar-refractivity contribution is 7.86. The number of nitrogens with zero attached hydrogens (tertiary/aromatic N) is 3. The van der Waals surface area contributed by atoms with E-state index in [9.17, 15) is 8.42 Å². The molecule has 3 heterocycles. The smallest absolute Gasteiger partial charge is 0.282 e. The Balaban J connectivity index is 1.57. The van der Waals surface area contributed by atoms with E-state index in [0.29, 0.717) is 39.4 Å². The normalized spacial score (nSPS) is 22.2. The topological polar surface area (TPSA) is 62.7 Å². The minimum Gasteiger partial charge on any atom is -0.379 e. The van der Waals surface area contributed by atoms with Crippen LogP contribution >= 0.6 is 0 Å². The Labute approximate surface area is 167 Å². The summed E-state index contributed by atoms with van der Waals surface area (Å²) in [6.45, 7) is 4.88. The zero-order valence-corrected chi connectivity index (χ0v) is 17.1. The summed E-state index contributed by atoms with van der Waals surface area (Å²) in [6, 6.07) is 14.5. The van der Waals surface area contributed by atoms with Crippen molar-refractivity contribution >= 4 is 10.2 Å². The standard InChI is InChI=1S/C21H27N3O3S/c1-17-14-20(18-6-3-2-4-7-18)15-21(22-17)19-8-5-9-24(16-19)28(25,26)23-10-12-27-13-11-23/h2-4,6-7,14-15,19H,5,8-13,16H2,1H3. The number of benzene rings is 1. The van der Waals surface area contributed by atoms with E-state index < -0.39 is 10.2 Å². The molecule has 0 saturated carbocycles. The fourth-order valence-corrected chi connectivity index (χ4v) is 5.70. The molecule has 0 radical (unpaired) electrons. The Bertz CT molecular complexity index is 912. The van der Waals surface area contributed by atoms with Gasteiger partial charge in [-0.1, -0.05) is 30.3 Å². The Hall–Kier alpha value is -1.80. The predicted octanol–water partition coefficient (Wildman–Crippen LogP) is 2.81. The molecule has 1 atom stereocenters. The Kier molecular flexibility index (Phi) is 5.78. The molecule has 2 fully saturated rings. The fraction of sp³-hybridized carbons (Fsp3) is 0.476. The molecule has 150 valence electrons. The molecular weight excluding hydrogens is 374 g/mol. The van der Waals surface area contributed by atoms with Gasteiger partial charge in [-0.15, -0.1) is 0 Å². The van der Waals surface area contributed by atoms with Crippen LogP contribution < -0.4 is 0 Å². The predicted molar refractivity (Wildman–Crippen MR) is 109 cm³/mol. The maximum absolute atomic E-state index is 13.0. The summed E-state index contributed by atoms with van der Waals surface area (Å²) in [6.07, 6.45) is 1.81. The van der Waals surface area contributed by atoms with Crippen LogP contribution in [0.15, 0.2) is 42.5 Å². The first-order valence-electron chi connectivity index (χ1n) is 9.91. The van der Waals surface area contributed by atoms with Crippen LogP contribution in [0.25, 0.3) is 11.1 Å². The van der Waals surface area contributed by atoms with Crippen LogP contribution in [0.4, 0.5) is 0 Å². The molecule has 7 heteroatoms. The third kappa shape index (κ3) is 4.12. The van der Waals surface area contributed by atoms with Crippen molar-refractivity contribution in [2.45, 2.75) is 25.7 Å². The molecule has 2 aromatic rings. The Morgan fingerprint density at radius 1 is 1.00 bits per heavy atom. The summed E-state index contributed by atoms with van der Waals surface area (Å²) in [4.78, 5) is 4.76. The first kappa shape index (κ1) is 19.5. The van der Waals surface area contributed by atoms with Crippen molar-refractivity contribution in [3.05, 3.63) is 53.9 Å². The van der Waals surface area contributed by atoms with Gasteiger partial charge >= 0.3 is 0 Å². The summed E-state index contributed by atoms with van der Waals surface area (Å²) in [5.74, 6) is 0.118. The highest BCUT2D eigenvalue weighted by Crippen LogP contribution is 2.31. The zero-order chi connectivity index (χ0) is 19.6. The Morgan fingerprint density at radius 2 is 1.75 bits per heavy atom. The lowest BCUT2D eigenvalue weighted by molar-refractivity contribution is 0.0695. The molecule has 0 spiro atoms. The molecule has 0 N–H and O–H groups in total. The molecule has 0 amide bonds. The molecule has 1 aromatic heterocycles. The summed E-state index contributed by atoms with van der Waals surface area (Å²) < 4.78 is 34.6. The van der Waals surface area contributed by atoms with Gasteiger partial charge in [0.25, 0.3) is 10.2 Å². The SMILES string of the molecule is Cc1cc(-c2ccccc2)cc(C2CCCN(S(=O)(=O)N3CCOCC3)C2)n1. The van der Waals surface area contributed by atoms with Crippen molar-refractivity contribution in [2.24, 2.45) is 0 Å². The zero-order valence-electron chi connectivity index (χ0n) is 16.3. The van der Waals surface area contributed by atoms with Gasteiger partial charge in [-0.2, -0.15) is 17.0 Å². The fourth-order valence-electron chi connectivity index (χ4n) is 4.03. The molecule has 2 saturated heterocycles. The van der Waals surface area contributed by atoms with Crippen LogP contribution in [0.3, 0.4) is 0 Å². The van der Waals surface area contributed by atoms with Gasteiger partial charge < -0.3 is 4.74 Å². The lowest BCUT2D eigenvalue weighted by Crippen LogP contribution is -2.51. The highest BCUT2D eigenvalue weighted by atomic mass is 32.2. The number of aryl methyl sites for hydroxylation is 1. The van der Waals surface area contributed by atoms with Gasteiger partial charge in [-0.3, -0.25) is 4.98 Å². The number of piperidine rings is 1. The number of aromatic nitrogens is 1. The molecule has 28 heavy (non-hydrogen) atoms. The minimum absolute atomic E-state index is 0.118. The molecule has 4 rings (SSSR count). The van der Waals surface area contributed by atoms with Gasteiger partial charge in [0.05, 0.1) is 13.2 Å². The average molecular weight is 402 g/mol. The van der Waals surface area contributed by atoms with E-state index in [2.05, 4.69) is 24.3 Å². The van der Waals surface area contributed by atoms with E-state index in [1.165, 1.54) is 0 Å². The van der Waals surface area contributed by atoms with Gasteiger partial charge in [0.2, 0.25) is 0 Å². The molecule has 1 aromatic carbocycles. The highest BCUT2D eigenvalue weighted by Gasteiger charge is 2.35. The van der Waals surface area contributed by atoms with E-state index >= 15 is 0 Å². The van der Waals surface area contributed by atoms with Crippen molar-refractivity contribution in [3.8, 4) is 11.1 Å². The number of pyridine rings is 1. The second-order valence-electron chi connectivity index (χ2n) is 7.50. The van der Waals surface area contributed by atoms with Crippen molar-refractivity contribution in [2.75, 3.05) is 39.4 Å². The first-order chi connectivity index (χ1) is 13.5. The van der Waals surface area contributed by atoms with E-state index in [1.807, 2.05) is 25.1 Å². The number of hydrogen-bond acceptors (Lipinski definition) is 4. The summed E-state index contributed by atoms with van der Waals surface area (Å²) in [5, 5.41) is 0. The molecule has 2 aliphatic heterocycles. The van der Waals surface area contributed by atoms with Gasteiger partial charge in [-0.25, -0.2) is 0 Å².